The highest BCUT2D eigenvalue weighted by atomic mass is 35.5. The predicted molar refractivity (Wildman–Crippen MR) is 62.3 cm³/mol. The van der Waals surface area contributed by atoms with Crippen molar-refractivity contribution in [2.45, 2.75) is 18.9 Å². The lowest BCUT2D eigenvalue weighted by molar-refractivity contribution is 0.557. The van der Waals surface area contributed by atoms with Crippen LogP contribution < -0.4 is 5.32 Å². The fraction of sp³-hybridized carbons (Fsp3) is 0.556. The number of aromatic nitrogens is 2. The van der Waals surface area contributed by atoms with Gasteiger partial charge in [0.1, 0.15) is 0 Å². The van der Waals surface area contributed by atoms with Crippen molar-refractivity contribution in [1.82, 2.24) is 9.97 Å². The molecule has 1 saturated heterocycles. The van der Waals surface area contributed by atoms with Gasteiger partial charge < -0.3 is 5.32 Å². The van der Waals surface area contributed by atoms with Crippen molar-refractivity contribution in [2.75, 3.05) is 16.8 Å². The quantitative estimate of drug-likeness (QED) is 0.825. The molecule has 0 radical (unpaired) electrons. The summed E-state index contributed by atoms with van der Waals surface area (Å²) in [6.07, 6.45) is 2.19. The van der Waals surface area contributed by atoms with Crippen molar-refractivity contribution >= 4 is 27.3 Å². The van der Waals surface area contributed by atoms with Gasteiger partial charge in [-0.15, -0.1) is 0 Å². The smallest absolute Gasteiger partial charge is 0.224 e. The Kier molecular flexibility index (Phi) is 3.48. The van der Waals surface area contributed by atoms with Crippen molar-refractivity contribution < 1.29 is 12.8 Å². The number of rotatable bonds is 2. The van der Waals surface area contributed by atoms with Gasteiger partial charge in [-0.3, -0.25) is 0 Å². The summed E-state index contributed by atoms with van der Waals surface area (Å²) in [6, 6.07) is -0.325. The normalized spacial score (nSPS) is 23.3. The molecular weight excluding hydrogens is 269 g/mol. The number of nitrogens with zero attached hydrogens (tertiary/aromatic N) is 2. The molecule has 1 aromatic rings. The van der Waals surface area contributed by atoms with E-state index < -0.39 is 15.7 Å². The summed E-state index contributed by atoms with van der Waals surface area (Å²) in [5, 5.41) is 2.68. The van der Waals surface area contributed by atoms with Gasteiger partial charge in [0.05, 0.1) is 17.7 Å². The SMILES string of the molecule is O=S1(=O)CCCC(Nc2nc(Cl)ncc2F)C1. The molecule has 0 aromatic carbocycles. The Morgan fingerprint density at radius 3 is 3.00 bits per heavy atom. The molecule has 2 rings (SSSR count). The average molecular weight is 280 g/mol. The lowest BCUT2D eigenvalue weighted by Gasteiger charge is -2.23. The number of nitrogens with one attached hydrogen (secondary N) is 1. The molecule has 94 valence electrons. The third-order valence-corrected chi connectivity index (χ3v) is 4.52. The second-order valence-corrected chi connectivity index (χ2v) is 6.50. The van der Waals surface area contributed by atoms with Crippen molar-refractivity contribution in [3.8, 4) is 0 Å². The Hall–Kier alpha value is -0.950. The van der Waals surface area contributed by atoms with Crippen molar-refractivity contribution in [3.05, 3.63) is 17.3 Å². The zero-order chi connectivity index (χ0) is 12.5. The first kappa shape index (κ1) is 12.5. The topological polar surface area (TPSA) is 72.0 Å². The third-order valence-electron chi connectivity index (χ3n) is 2.52. The van der Waals surface area contributed by atoms with Crippen LogP contribution in [-0.2, 0) is 9.84 Å². The minimum absolute atomic E-state index is 0.00589. The molecule has 8 heteroatoms. The molecular formula is C9H11ClFN3O2S. The molecule has 0 spiro atoms. The molecule has 17 heavy (non-hydrogen) atoms. The first-order chi connectivity index (χ1) is 7.96. The maximum atomic E-state index is 13.3. The Balaban J connectivity index is 2.13. The van der Waals surface area contributed by atoms with Gasteiger partial charge in [0, 0.05) is 6.04 Å². The number of anilines is 1. The summed E-state index contributed by atoms with van der Waals surface area (Å²) in [4.78, 5) is 7.17. The molecule has 0 bridgehead atoms. The molecule has 0 amide bonds. The molecule has 1 aliphatic rings. The standard InChI is InChI=1S/C9H11ClFN3O2S/c10-9-12-4-7(11)8(14-9)13-6-2-1-3-17(15,16)5-6/h4,6H,1-3,5H2,(H,12,13,14). The van der Waals surface area contributed by atoms with E-state index in [1.165, 1.54) is 0 Å². The van der Waals surface area contributed by atoms with Gasteiger partial charge in [-0.1, -0.05) is 0 Å². The predicted octanol–water partition coefficient (Wildman–Crippen LogP) is 1.26. The van der Waals surface area contributed by atoms with Crippen molar-refractivity contribution in [3.63, 3.8) is 0 Å². The molecule has 0 saturated carbocycles. The van der Waals surface area contributed by atoms with Crippen LogP contribution in [0.25, 0.3) is 0 Å². The Bertz CT molecular complexity index is 523. The first-order valence-corrected chi connectivity index (χ1v) is 7.31. The zero-order valence-corrected chi connectivity index (χ0v) is 10.4. The molecule has 5 nitrogen and oxygen atoms in total. The van der Waals surface area contributed by atoms with Crippen LogP contribution >= 0.6 is 11.6 Å². The lowest BCUT2D eigenvalue weighted by Crippen LogP contribution is -2.35. The maximum absolute atomic E-state index is 13.3. The summed E-state index contributed by atoms with van der Waals surface area (Å²) in [5.74, 6) is -0.504. The molecule has 1 aliphatic heterocycles. The molecule has 1 unspecified atom stereocenters. The van der Waals surface area contributed by atoms with E-state index in [0.717, 1.165) is 6.20 Å². The zero-order valence-electron chi connectivity index (χ0n) is 8.86. The monoisotopic (exact) mass is 279 g/mol. The number of hydrogen-bond acceptors (Lipinski definition) is 5. The largest absolute Gasteiger partial charge is 0.364 e. The molecule has 1 aromatic heterocycles. The Labute approximate surface area is 103 Å². The van der Waals surface area contributed by atoms with Gasteiger partial charge in [-0.05, 0) is 24.4 Å². The highest BCUT2D eigenvalue weighted by Gasteiger charge is 2.25. The average Bonchev–Trinajstić information content (AvgIpc) is 2.22. The maximum Gasteiger partial charge on any atom is 0.224 e. The van der Waals surface area contributed by atoms with Crippen molar-refractivity contribution in [1.29, 1.82) is 0 Å². The fourth-order valence-corrected chi connectivity index (χ4v) is 3.55. The van der Waals surface area contributed by atoms with E-state index in [-0.39, 0.29) is 28.6 Å². The van der Waals surface area contributed by atoms with E-state index in [4.69, 9.17) is 11.6 Å². The third kappa shape index (κ3) is 3.26. The molecule has 1 N–H and O–H groups in total. The molecule has 1 fully saturated rings. The van der Waals surface area contributed by atoms with Gasteiger partial charge in [0.15, 0.2) is 21.5 Å². The van der Waals surface area contributed by atoms with Gasteiger partial charge in [0.2, 0.25) is 5.28 Å². The fourth-order valence-electron chi connectivity index (χ4n) is 1.78. The van der Waals surface area contributed by atoms with E-state index >= 15 is 0 Å². The minimum Gasteiger partial charge on any atom is -0.364 e. The van der Waals surface area contributed by atoms with Crippen LogP contribution in [0.1, 0.15) is 12.8 Å². The molecule has 1 atom stereocenters. The van der Waals surface area contributed by atoms with Gasteiger partial charge in [-0.2, -0.15) is 4.98 Å². The summed E-state index contributed by atoms with van der Waals surface area (Å²) in [5.41, 5.74) is 0. The number of sulfone groups is 1. The van der Waals surface area contributed by atoms with Gasteiger partial charge >= 0.3 is 0 Å². The van der Waals surface area contributed by atoms with Crippen LogP contribution in [0.4, 0.5) is 10.2 Å². The molecule has 2 heterocycles. The van der Waals surface area contributed by atoms with Crippen LogP contribution in [0.5, 0.6) is 0 Å². The van der Waals surface area contributed by atoms with E-state index in [0.29, 0.717) is 12.8 Å². The van der Waals surface area contributed by atoms with Crippen LogP contribution in [0.3, 0.4) is 0 Å². The van der Waals surface area contributed by atoms with Crippen LogP contribution in [0, 0.1) is 5.82 Å². The van der Waals surface area contributed by atoms with E-state index in [2.05, 4.69) is 15.3 Å². The number of hydrogen-bond donors (Lipinski definition) is 1. The van der Waals surface area contributed by atoms with E-state index in [1.807, 2.05) is 0 Å². The highest BCUT2D eigenvalue weighted by Crippen LogP contribution is 2.18. The summed E-state index contributed by atoms with van der Waals surface area (Å²) >= 11 is 5.54. The minimum atomic E-state index is -3.04. The summed E-state index contributed by atoms with van der Waals surface area (Å²) < 4.78 is 36.1. The van der Waals surface area contributed by atoms with Crippen LogP contribution in [0.15, 0.2) is 6.20 Å². The summed E-state index contributed by atoms with van der Waals surface area (Å²) in [6.45, 7) is 0. The van der Waals surface area contributed by atoms with Crippen molar-refractivity contribution in [2.24, 2.45) is 0 Å². The van der Waals surface area contributed by atoms with Gasteiger partial charge in [0.25, 0.3) is 0 Å². The first-order valence-electron chi connectivity index (χ1n) is 5.11. The number of halogens is 2. The van der Waals surface area contributed by atoms with E-state index in [9.17, 15) is 12.8 Å². The molecule has 0 aliphatic carbocycles. The second kappa shape index (κ2) is 4.73. The summed E-state index contributed by atoms with van der Waals surface area (Å²) in [7, 11) is -3.04. The van der Waals surface area contributed by atoms with Gasteiger partial charge in [-0.25, -0.2) is 17.8 Å². The highest BCUT2D eigenvalue weighted by molar-refractivity contribution is 7.91. The van der Waals surface area contributed by atoms with Crippen LogP contribution in [0.2, 0.25) is 5.28 Å². The Morgan fingerprint density at radius 1 is 1.53 bits per heavy atom. The van der Waals surface area contributed by atoms with E-state index in [1.54, 1.807) is 0 Å². The lowest BCUT2D eigenvalue weighted by atomic mass is 10.2. The Morgan fingerprint density at radius 2 is 2.29 bits per heavy atom. The van der Waals surface area contributed by atoms with Crippen LogP contribution in [-0.4, -0.2) is 35.9 Å². The second-order valence-electron chi connectivity index (χ2n) is 3.93.